The number of thiophene rings is 1. The topological polar surface area (TPSA) is 81.3 Å². The third-order valence-corrected chi connectivity index (χ3v) is 3.75. The van der Waals surface area contributed by atoms with Crippen LogP contribution in [0.1, 0.15) is 10.4 Å². The van der Waals surface area contributed by atoms with Gasteiger partial charge in [-0.15, -0.1) is 11.3 Å². The monoisotopic (exact) mass is 303 g/mol. The Morgan fingerprint density at radius 1 is 1.14 bits per heavy atom. The molecule has 1 heterocycles. The maximum atomic E-state index is 11.7. The first-order valence-electron chi connectivity index (χ1n) is 6.46. The minimum absolute atomic E-state index is 0.190. The molecule has 5 nitrogen and oxygen atoms in total. The van der Waals surface area contributed by atoms with Crippen LogP contribution in [0.2, 0.25) is 0 Å². The molecule has 6 heteroatoms. The van der Waals surface area contributed by atoms with E-state index in [-0.39, 0.29) is 6.42 Å². The van der Waals surface area contributed by atoms with E-state index in [1.54, 1.807) is 12.1 Å². The first kappa shape index (κ1) is 15.1. The van der Waals surface area contributed by atoms with Gasteiger partial charge in [0.05, 0.1) is 18.6 Å². The molecule has 0 spiro atoms. The van der Waals surface area contributed by atoms with E-state index in [1.807, 2.05) is 35.7 Å². The molecule has 1 atom stereocenters. The predicted octanol–water partition coefficient (Wildman–Crippen LogP) is 0.909. The number of benzene rings is 1. The number of carboxylic acid groups (broad SMARTS) is 1. The van der Waals surface area contributed by atoms with Gasteiger partial charge >= 0.3 is 6.03 Å². The molecule has 2 aromatic rings. The van der Waals surface area contributed by atoms with Crippen LogP contribution in [-0.2, 0) is 17.8 Å². The summed E-state index contributed by atoms with van der Waals surface area (Å²) in [7, 11) is 0. The third kappa shape index (κ3) is 4.92. The standard InChI is InChI=1S/C15H16N2O3S/c18-14(19)13(9-11-5-2-1-3-6-11)17-15(20)16-10-12-7-4-8-21-12/h1-8,13H,9-10H2,(H,18,19)(H2,16,17,20)/p-1/t13-/m0/s1. The molecule has 0 fully saturated rings. The Hall–Kier alpha value is -2.34. The molecule has 0 saturated heterocycles. The Balaban J connectivity index is 1.87. The zero-order valence-corrected chi connectivity index (χ0v) is 12.1. The Morgan fingerprint density at radius 2 is 1.90 bits per heavy atom. The lowest BCUT2D eigenvalue weighted by Crippen LogP contribution is -2.51. The van der Waals surface area contributed by atoms with E-state index in [2.05, 4.69) is 10.6 Å². The number of hydrogen-bond donors (Lipinski definition) is 2. The van der Waals surface area contributed by atoms with Crippen molar-refractivity contribution in [1.29, 1.82) is 0 Å². The van der Waals surface area contributed by atoms with Gasteiger partial charge in [-0.05, 0) is 23.4 Å². The fourth-order valence-electron chi connectivity index (χ4n) is 1.83. The Labute approximate surface area is 126 Å². The van der Waals surface area contributed by atoms with E-state index in [1.165, 1.54) is 11.3 Å². The number of nitrogens with one attached hydrogen (secondary N) is 2. The number of rotatable bonds is 6. The summed E-state index contributed by atoms with van der Waals surface area (Å²) >= 11 is 1.52. The second kappa shape index (κ2) is 7.44. The maximum absolute atomic E-state index is 11.7. The van der Waals surface area contributed by atoms with Crippen molar-refractivity contribution in [1.82, 2.24) is 10.6 Å². The predicted molar refractivity (Wildman–Crippen MR) is 78.6 cm³/mol. The van der Waals surface area contributed by atoms with Gasteiger partial charge in [-0.2, -0.15) is 0 Å². The molecule has 0 aliphatic carbocycles. The van der Waals surface area contributed by atoms with Gasteiger partial charge < -0.3 is 20.5 Å². The quantitative estimate of drug-likeness (QED) is 0.832. The second-order valence-electron chi connectivity index (χ2n) is 4.47. The fourth-order valence-corrected chi connectivity index (χ4v) is 2.48. The Bertz CT molecular complexity index is 584. The largest absolute Gasteiger partial charge is 0.548 e. The summed E-state index contributed by atoms with van der Waals surface area (Å²) in [4.78, 5) is 23.9. The van der Waals surface area contributed by atoms with Crippen LogP contribution >= 0.6 is 11.3 Å². The number of carboxylic acids is 1. The van der Waals surface area contributed by atoms with Crippen LogP contribution in [0.5, 0.6) is 0 Å². The minimum atomic E-state index is -1.30. The number of urea groups is 1. The van der Waals surface area contributed by atoms with E-state index in [9.17, 15) is 14.7 Å². The molecule has 2 N–H and O–H groups in total. The SMILES string of the molecule is O=C(NCc1cccs1)N[C@@H](Cc1ccccc1)C(=O)[O-]. The molecule has 110 valence electrons. The molecule has 0 bridgehead atoms. The van der Waals surface area contributed by atoms with E-state index in [0.717, 1.165) is 10.4 Å². The lowest BCUT2D eigenvalue weighted by molar-refractivity contribution is -0.308. The van der Waals surface area contributed by atoms with Gasteiger partial charge in [0.15, 0.2) is 0 Å². The van der Waals surface area contributed by atoms with Crippen LogP contribution < -0.4 is 15.7 Å². The number of carbonyl (C=O) groups is 2. The summed E-state index contributed by atoms with van der Waals surface area (Å²) in [6.45, 7) is 0.370. The molecule has 2 amide bonds. The second-order valence-corrected chi connectivity index (χ2v) is 5.50. The first-order valence-corrected chi connectivity index (χ1v) is 7.34. The molecule has 0 aliphatic heterocycles. The normalized spacial score (nSPS) is 11.6. The van der Waals surface area contributed by atoms with E-state index >= 15 is 0 Å². The van der Waals surface area contributed by atoms with Crippen LogP contribution in [0.3, 0.4) is 0 Å². The third-order valence-electron chi connectivity index (χ3n) is 2.88. The summed E-state index contributed by atoms with van der Waals surface area (Å²) in [5, 5.41) is 18.1. The van der Waals surface area contributed by atoms with Crippen molar-refractivity contribution in [3.05, 3.63) is 58.3 Å². The highest BCUT2D eigenvalue weighted by Gasteiger charge is 2.14. The summed E-state index contributed by atoms with van der Waals surface area (Å²) in [5.41, 5.74) is 0.824. The summed E-state index contributed by atoms with van der Waals surface area (Å²) in [5.74, 6) is -1.30. The van der Waals surface area contributed by atoms with Crippen LogP contribution in [-0.4, -0.2) is 18.0 Å². The number of hydrogen-bond acceptors (Lipinski definition) is 4. The molecular formula is C15H15N2O3S-. The van der Waals surface area contributed by atoms with Gasteiger partial charge in [-0.25, -0.2) is 4.79 Å². The van der Waals surface area contributed by atoms with Crippen molar-refractivity contribution in [2.45, 2.75) is 19.0 Å². The van der Waals surface area contributed by atoms with Gasteiger partial charge in [0, 0.05) is 4.88 Å². The smallest absolute Gasteiger partial charge is 0.315 e. The van der Waals surface area contributed by atoms with Crippen LogP contribution in [0.4, 0.5) is 4.79 Å². The molecule has 1 aromatic carbocycles. The van der Waals surface area contributed by atoms with Crippen molar-refractivity contribution >= 4 is 23.3 Å². The molecule has 0 aliphatic rings. The van der Waals surface area contributed by atoms with E-state index in [4.69, 9.17) is 0 Å². The zero-order valence-electron chi connectivity index (χ0n) is 11.2. The van der Waals surface area contributed by atoms with Gasteiger partial charge in [0.1, 0.15) is 0 Å². The van der Waals surface area contributed by atoms with Gasteiger partial charge in [-0.3, -0.25) is 0 Å². The van der Waals surface area contributed by atoms with Crippen molar-refractivity contribution < 1.29 is 14.7 Å². The highest BCUT2D eigenvalue weighted by atomic mass is 32.1. The average Bonchev–Trinajstić information content (AvgIpc) is 2.99. The zero-order chi connectivity index (χ0) is 15.1. The van der Waals surface area contributed by atoms with E-state index in [0.29, 0.717) is 6.54 Å². The van der Waals surface area contributed by atoms with Crippen molar-refractivity contribution in [3.8, 4) is 0 Å². The van der Waals surface area contributed by atoms with Crippen LogP contribution in [0.15, 0.2) is 47.8 Å². The number of carbonyl (C=O) groups excluding carboxylic acids is 2. The molecular weight excluding hydrogens is 288 g/mol. The number of amides is 2. The van der Waals surface area contributed by atoms with Crippen LogP contribution in [0, 0.1) is 0 Å². The first-order chi connectivity index (χ1) is 10.1. The highest BCUT2D eigenvalue weighted by Crippen LogP contribution is 2.07. The van der Waals surface area contributed by atoms with Crippen molar-refractivity contribution in [3.63, 3.8) is 0 Å². The van der Waals surface area contributed by atoms with Gasteiger partial charge in [0.2, 0.25) is 0 Å². The van der Waals surface area contributed by atoms with Crippen molar-refractivity contribution in [2.24, 2.45) is 0 Å². The van der Waals surface area contributed by atoms with Gasteiger partial charge in [0.25, 0.3) is 0 Å². The maximum Gasteiger partial charge on any atom is 0.315 e. The van der Waals surface area contributed by atoms with Crippen molar-refractivity contribution in [2.75, 3.05) is 0 Å². The lowest BCUT2D eigenvalue weighted by atomic mass is 10.1. The summed E-state index contributed by atoms with van der Waals surface area (Å²) in [6.07, 6.45) is 0.190. The Morgan fingerprint density at radius 3 is 2.52 bits per heavy atom. The van der Waals surface area contributed by atoms with Crippen LogP contribution in [0.25, 0.3) is 0 Å². The molecule has 1 aromatic heterocycles. The summed E-state index contributed by atoms with van der Waals surface area (Å²) < 4.78 is 0. The fraction of sp³-hybridized carbons (Fsp3) is 0.200. The highest BCUT2D eigenvalue weighted by molar-refractivity contribution is 7.09. The number of aliphatic carboxylic acids is 1. The molecule has 2 rings (SSSR count). The Kier molecular flexibility index (Phi) is 5.34. The average molecular weight is 303 g/mol. The summed E-state index contributed by atoms with van der Waals surface area (Å²) in [6, 6.07) is 11.3. The molecule has 0 radical (unpaired) electrons. The lowest BCUT2D eigenvalue weighted by Gasteiger charge is -2.20. The molecule has 0 saturated carbocycles. The van der Waals surface area contributed by atoms with E-state index < -0.39 is 18.0 Å². The minimum Gasteiger partial charge on any atom is -0.548 e. The molecule has 21 heavy (non-hydrogen) atoms. The van der Waals surface area contributed by atoms with Gasteiger partial charge in [-0.1, -0.05) is 36.4 Å². The molecule has 0 unspecified atom stereocenters.